The van der Waals surface area contributed by atoms with E-state index in [-0.39, 0.29) is 0 Å². The van der Waals surface area contributed by atoms with E-state index >= 15 is 0 Å². The van der Waals surface area contributed by atoms with Gasteiger partial charge >= 0.3 is 0 Å². The molecule has 0 spiro atoms. The average Bonchev–Trinajstić information content (AvgIpc) is 2.84. The number of hydrogen-bond donors (Lipinski definition) is 0. The summed E-state index contributed by atoms with van der Waals surface area (Å²) < 4.78 is 0. The lowest BCUT2D eigenvalue weighted by Crippen LogP contribution is -2.53. The quantitative estimate of drug-likeness (QED) is 0.553. The number of fused-ring (bicyclic) bond motifs is 4. The van der Waals surface area contributed by atoms with E-state index in [1.54, 1.807) is 5.57 Å². The highest BCUT2D eigenvalue weighted by Gasteiger charge is 2.66. The van der Waals surface area contributed by atoms with Gasteiger partial charge in [0, 0.05) is 0 Å². The fraction of sp³-hybridized carbons (Fsp3) is 0.800. The first-order valence-corrected chi connectivity index (χ1v) is 8.75. The van der Waals surface area contributed by atoms with E-state index < -0.39 is 0 Å². The van der Waals surface area contributed by atoms with Gasteiger partial charge in [-0.25, -0.2) is 0 Å². The minimum absolute atomic E-state index is 0.700. The van der Waals surface area contributed by atoms with Gasteiger partial charge < -0.3 is 0 Å². The molecule has 0 saturated heterocycles. The number of rotatable bonds is 3. The van der Waals surface area contributed by atoms with Gasteiger partial charge in [0.05, 0.1) is 0 Å². The Hall–Kier alpha value is -0.520. The molecule has 0 aromatic rings. The van der Waals surface area contributed by atoms with Crippen molar-refractivity contribution in [2.24, 2.45) is 35.0 Å². The maximum Gasteiger partial charge on any atom is -0.0164 e. The lowest BCUT2D eigenvalue weighted by atomic mass is 9.47. The molecular weight excluding hydrogens is 240 g/mol. The molecule has 0 nitrogen and oxygen atoms in total. The topological polar surface area (TPSA) is 0 Å². The standard InChI is InChI=1S/C20H32/c1-13(2)7-6-8-14(3)16-11-12-20(5)17-10-9-15(4)18(17)19(16)20/h7-8,15-19H,6,9-12H2,1-5H3/b14-8-/t15-,16+,17+,18-,19+,20-/m1/s1. The van der Waals surface area contributed by atoms with Crippen LogP contribution in [-0.2, 0) is 0 Å². The van der Waals surface area contributed by atoms with Crippen molar-refractivity contribution in [2.45, 2.75) is 66.7 Å². The molecule has 0 aliphatic heterocycles. The van der Waals surface area contributed by atoms with Gasteiger partial charge in [-0.15, -0.1) is 0 Å². The zero-order valence-corrected chi connectivity index (χ0v) is 14.1. The van der Waals surface area contributed by atoms with Crippen molar-refractivity contribution in [1.29, 1.82) is 0 Å². The Morgan fingerprint density at radius 2 is 1.85 bits per heavy atom. The van der Waals surface area contributed by atoms with Crippen LogP contribution >= 0.6 is 0 Å². The number of allylic oxidation sites excluding steroid dienone is 4. The van der Waals surface area contributed by atoms with Gasteiger partial charge in [-0.2, -0.15) is 0 Å². The summed E-state index contributed by atoms with van der Waals surface area (Å²) in [5.74, 6) is 5.02. The third-order valence-electron chi connectivity index (χ3n) is 7.06. The van der Waals surface area contributed by atoms with Crippen LogP contribution in [0.1, 0.15) is 66.7 Å². The van der Waals surface area contributed by atoms with Crippen LogP contribution in [0.3, 0.4) is 0 Å². The van der Waals surface area contributed by atoms with Crippen molar-refractivity contribution in [3.63, 3.8) is 0 Å². The molecule has 3 aliphatic rings. The fourth-order valence-corrected chi connectivity index (χ4v) is 6.03. The SMILES string of the molecule is CC(C)=CC/C=C(/C)[C@@H]1CC[C@@]2(C)[C@@H]1[C@@H]1[C@H](C)CC[C@@H]12. The summed E-state index contributed by atoms with van der Waals surface area (Å²) >= 11 is 0. The molecule has 3 rings (SSSR count). The highest BCUT2D eigenvalue weighted by atomic mass is 14.7. The highest BCUT2D eigenvalue weighted by Crippen LogP contribution is 2.73. The van der Waals surface area contributed by atoms with Crippen molar-refractivity contribution in [3.8, 4) is 0 Å². The summed E-state index contributed by atoms with van der Waals surface area (Å²) in [7, 11) is 0. The van der Waals surface area contributed by atoms with Gasteiger partial charge in [-0.1, -0.05) is 43.6 Å². The summed E-state index contributed by atoms with van der Waals surface area (Å²) in [6.07, 6.45) is 12.0. The van der Waals surface area contributed by atoms with Crippen LogP contribution in [0.2, 0.25) is 0 Å². The zero-order chi connectivity index (χ0) is 14.5. The Morgan fingerprint density at radius 1 is 1.10 bits per heavy atom. The molecule has 0 heteroatoms. The molecule has 0 unspecified atom stereocenters. The normalized spacial score (nSPS) is 46.6. The van der Waals surface area contributed by atoms with E-state index in [1.807, 2.05) is 0 Å². The minimum atomic E-state index is 0.700. The molecule has 3 saturated carbocycles. The molecule has 6 atom stereocenters. The Bertz CT molecular complexity index is 437. The monoisotopic (exact) mass is 272 g/mol. The Kier molecular flexibility index (Phi) is 3.63. The molecule has 112 valence electrons. The second kappa shape index (κ2) is 5.04. The molecule has 3 fully saturated rings. The van der Waals surface area contributed by atoms with Gasteiger partial charge in [0.15, 0.2) is 0 Å². The first-order valence-electron chi connectivity index (χ1n) is 8.75. The van der Waals surface area contributed by atoms with E-state index in [9.17, 15) is 0 Å². The average molecular weight is 272 g/mol. The van der Waals surface area contributed by atoms with Crippen LogP contribution in [0.15, 0.2) is 23.3 Å². The van der Waals surface area contributed by atoms with E-state index in [4.69, 9.17) is 0 Å². The fourth-order valence-electron chi connectivity index (χ4n) is 6.03. The Labute approximate surface area is 125 Å². The van der Waals surface area contributed by atoms with Crippen molar-refractivity contribution < 1.29 is 0 Å². The summed E-state index contributed by atoms with van der Waals surface area (Å²) in [6.45, 7) is 11.9. The third kappa shape index (κ3) is 2.02. The molecule has 0 aromatic heterocycles. The van der Waals surface area contributed by atoms with Crippen LogP contribution in [0.25, 0.3) is 0 Å². The summed E-state index contributed by atoms with van der Waals surface area (Å²) in [6, 6.07) is 0. The largest absolute Gasteiger partial charge is 0.0821 e. The summed E-state index contributed by atoms with van der Waals surface area (Å²) in [5.41, 5.74) is 3.83. The van der Waals surface area contributed by atoms with Gasteiger partial charge in [-0.3, -0.25) is 0 Å². The number of hydrogen-bond acceptors (Lipinski definition) is 0. The lowest BCUT2D eigenvalue weighted by molar-refractivity contribution is -0.0941. The molecule has 0 radical (unpaired) electrons. The zero-order valence-electron chi connectivity index (χ0n) is 14.1. The van der Waals surface area contributed by atoms with E-state index in [0.29, 0.717) is 5.41 Å². The predicted molar refractivity (Wildman–Crippen MR) is 87.5 cm³/mol. The van der Waals surface area contributed by atoms with E-state index in [2.05, 4.69) is 46.8 Å². The summed E-state index contributed by atoms with van der Waals surface area (Å²) in [4.78, 5) is 0. The maximum absolute atomic E-state index is 2.61. The van der Waals surface area contributed by atoms with Crippen molar-refractivity contribution in [1.82, 2.24) is 0 Å². The predicted octanol–water partition coefficient (Wildman–Crippen LogP) is 6.00. The van der Waals surface area contributed by atoms with Gasteiger partial charge in [0.2, 0.25) is 0 Å². The molecule has 0 amide bonds. The van der Waals surface area contributed by atoms with Crippen LogP contribution in [0.4, 0.5) is 0 Å². The second-order valence-electron chi connectivity index (χ2n) is 8.38. The molecule has 0 N–H and O–H groups in total. The van der Waals surface area contributed by atoms with Gasteiger partial charge in [-0.05, 0) is 81.5 Å². The van der Waals surface area contributed by atoms with E-state index in [0.717, 1.165) is 36.0 Å². The van der Waals surface area contributed by atoms with E-state index in [1.165, 1.54) is 31.3 Å². The molecule has 20 heavy (non-hydrogen) atoms. The van der Waals surface area contributed by atoms with Crippen molar-refractivity contribution in [3.05, 3.63) is 23.3 Å². The molecular formula is C20H32. The second-order valence-corrected chi connectivity index (χ2v) is 8.38. The van der Waals surface area contributed by atoms with Gasteiger partial charge in [0.1, 0.15) is 0 Å². The van der Waals surface area contributed by atoms with Crippen molar-refractivity contribution >= 4 is 0 Å². The Balaban J connectivity index is 1.74. The summed E-state index contributed by atoms with van der Waals surface area (Å²) in [5, 5.41) is 0. The smallest absolute Gasteiger partial charge is 0.0164 e. The van der Waals surface area contributed by atoms with Gasteiger partial charge in [0.25, 0.3) is 0 Å². The lowest BCUT2D eigenvalue weighted by Gasteiger charge is -2.58. The van der Waals surface area contributed by atoms with Crippen LogP contribution < -0.4 is 0 Å². The molecule has 0 heterocycles. The first-order chi connectivity index (χ1) is 9.45. The third-order valence-corrected chi connectivity index (χ3v) is 7.06. The Morgan fingerprint density at radius 3 is 2.55 bits per heavy atom. The van der Waals surface area contributed by atoms with Crippen LogP contribution in [0, 0.1) is 35.0 Å². The van der Waals surface area contributed by atoms with Crippen LogP contribution in [0.5, 0.6) is 0 Å². The minimum Gasteiger partial charge on any atom is -0.0821 e. The molecule has 3 aliphatic carbocycles. The molecule has 0 bridgehead atoms. The molecule has 0 aromatic carbocycles. The maximum atomic E-state index is 2.61. The highest BCUT2D eigenvalue weighted by molar-refractivity contribution is 5.22. The van der Waals surface area contributed by atoms with Crippen LogP contribution in [-0.4, -0.2) is 0 Å². The first kappa shape index (κ1) is 14.4. The van der Waals surface area contributed by atoms with Crippen molar-refractivity contribution in [2.75, 3.05) is 0 Å².